The number of amidine groups is 1. The van der Waals surface area contributed by atoms with Crippen molar-refractivity contribution in [2.75, 3.05) is 17.2 Å². The van der Waals surface area contributed by atoms with E-state index in [1.54, 1.807) is 6.07 Å². The number of para-hydroxylation sites is 1. The van der Waals surface area contributed by atoms with Crippen molar-refractivity contribution in [1.29, 1.82) is 0 Å². The number of anilines is 1. The van der Waals surface area contributed by atoms with Crippen LogP contribution < -0.4 is 10.2 Å². The van der Waals surface area contributed by atoms with E-state index in [1.165, 1.54) is 46.5 Å². The van der Waals surface area contributed by atoms with Crippen molar-refractivity contribution >= 4 is 28.5 Å². The second-order valence-electron chi connectivity index (χ2n) is 8.86. The summed E-state index contributed by atoms with van der Waals surface area (Å²) in [7, 11) is 0. The number of nitrogens with zero attached hydrogens (tertiary/aromatic N) is 4. The first-order chi connectivity index (χ1) is 16.4. The van der Waals surface area contributed by atoms with Gasteiger partial charge in [-0.3, -0.25) is 9.79 Å². The Morgan fingerprint density at radius 1 is 1.24 bits per heavy atom. The first-order valence-corrected chi connectivity index (χ1v) is 12.2. The Bertz CT molecular complexity index is 1230. The molecule has 5 rings (SSSR count). The van der Waals surface area contributed by atoms with Crippen molar-refractivity contribution in [2.45, 2.75) is 37.9 Å². The van der Waals surface area contributed by atoms with Gasteiger partial charge in [0.15, 0.2) is 5.17 Å². The zero-order valence-corrected chi connectivity index (χ0v) is 19.6. The Hall–Kier alpha value is -3.20. The van der Waals surface area contributed by atoms with Crippen LogP contribution in [0.4, 0.5) is 14.5 Å². The number of aliphatic imine (C=N–C) groups is 1. The van der Waals surface area contributed by atoms with Gasteiger partial charge in [0.05, 0.1) is 11.6 Å². The van der Waals surface area contributed by atoms with Gasteiger partial charge in [-0.15, -0.1) is 0 Å². The summed E-state index contributed by atoms with van der Waals surface area (Å²) in [6, 6.07) is 14.6. The number of hydrogen-bond donors (Lipinski definition) is 1. The maximum atomic E-state index is 14.0. The summed E-state index contributed by atoms with van der Waals surface area (Å²) < 4.78 is 29.0. The minimum Gasteiger partial charge on any atom is -0.366 e. The Labute approximate surface area is 201 Å². The number of aromatic nitrogens is 2. The van der Waals surface area contributed by atoms with E-state index in [2.05, 4.69) is 34.3 Å². The van der Waals surface area contributed by atoms with Crippen LogP contribution in [-0.4, -0.2) is 44.5 Å². The molecule has 176 valence electrons. The molecule has 0 bridgehead atoms. The van der Waals surface area contributed by atoms with Crippen LogP contribution in [0.2, 0.25) is 0 Å². The quantitative estimate of drug-likeness (QED) is 0.547. The second kappa shape index (κ2) is 9.21. The third kappa shape index (κ3) is 4.57. The first kappa shape index (κ1) is 22.6. The van der Waals surface area contributed by atoms with Crippen molar-refractivity contribution in [2.24, 2.45) is 4.99 Å². The molecule has 2 aromatic heterocycles. The maximum Gasteiger partial charge on any atom is 0.273 e. The number of nitrogens with one attached hydrogen (secondary N) is 1. The van der Waals surface area contributed by atoms with Gasteiger partial charge >= 0.3 is 0 Å². The Balaban J connectivity index is 1.32. The Kier molecular flexibility index (Phi) is 6.12. The zero-order chi connectivity index (χ0) is 23.7. The van der Waals surface area contributed by atoms with Crippen LogP contribution in [0, 0.1) is 11.8 Å². The lowest BCUT2D eigenvalue weighted by Crippen LogP contribution is -2.47. The van der Waals surface area contributed by atoms with E-state index in [0.717, 1.165) is 25.1 Å². The van der Waals surface area contributed by atoms with Gasteiger partial charge in [-0.25, -0.2) is 9.37 Å². The van der Waals surface area contributed by atoms with Crippen molar-refractivity contribution < 1.29 is 13.6 Å². The lowest BCUT2D eigenvalue weighted by Gasteiger charge is -2.36. The fourth-order valence-electron chi connectivity index (χ4n) is 4.78. The van der Waals surface area contributed by atoms with Gasteiger partial charge in [0.1, 0.15) is 11.5 Å². The summed E-state index contributed by atoms with van der Waals surface area (Å²) in [4.78, 5) is 23.9. The summed E-state index contributed by atoms with van der Waals surface area (Å²) in [6.45, 7) is 3.26. The summed E-state index contributed by atoms with van der Waals surface area (Å²) in [5.41, 5.74) is 1.57. The molecule has 1 N–H and O–H groups in total. The number of rotatable bonds is 5. The molecule has 2 atom stereocenters. The van der Waals surface area contributed by atoms with E-state index in [9.17, 15) is 13.6 Å². The molecule has 1 unspecified atom stereocenters. The average molecular weight is 482 g/mol. The number of hydrogen-bond acceptors (Lipinski definition) is 5. The SMILES string of the molecule is CC1([C@H]2CCCN2c2ccccc2)CSC(NC(=O)c2cc(F)cn2Cc2ccnc(F)c2)=N1. The largest absolute Gasteiger partial charge is 0.366 e. The van der Waals surface area contributed by atoms with Crippen LogP contribution >= 0.6 is 11.8 Å². The summed E-state index contributed by atoms with van der Waals surface area (Å²) in [5, 5.41) is 3.40. The van der Waals surface area contributed by atoms with E-state index >= 15 is 0 Å². The molecule has 1 aromatic carbocycles. The molecule has 2 aliphatic rings. The standard InChI is InChI=1S/C25H25F2N5OS/c1-25(21-8-5-11-32(21)19-6-3-2-4-7-19)16-34-24(30-25)29-23(33)20-13-18(26)15-31(20)14-17-9-10-28-22(27)12-17/h2-4,6-7,9-10,12-13,15,21H,5,8,11,14,16H2,1H3,(H,29,30,33)/t21-,25?/m1/s1. The number of carbonyl (C=O) groups is 1. The highest BCUT2D eigenvalue weighted by atomic mass is 32.2. The minimum atomic E-state index is -0.622. The Morgan fingerprint density at radius 3 is 2.85 bits per heavy atom. The van der Waals surface area contributed by atoms with E-state index in [0.29, 0.717) is 10.7 Å². The molecule has 1 amide bonds. The molecule has 3 aromatic rings. The maximum absolute atomic E-state index is 14.0. The third-order valence-corrected chi connectivity index (χ3v) is 7.57. The number of benzene rings is 1. The van der Waals surface area contributed by atoms with Crippen molar-refractivity contribution in [3.05, 3.63) is 83.9 Å². The Morgan fingerprint density at radius 2 is 2.06 bits per heavy atom. The normalized spacial score (nSPS) is 22.1. The van der Waals surface area contributed by atoms with Crippen molar-refractivity contribution in [3.8, 4) is 0 Å². The van der Waals surface area contributed by atoms with Crippen LogP contribution in [0.15, 0.2) is 65.9 Å². The molecule has 0 saturated carbocycles. The molecule has 2 aliphatic heterocycles. The summed E-state index contributed by atoms with van der Waals surface area (Å²) in [5.74, 6) is -0.846. The fraction of sp³-hybridized carbons (Fsp3) is 0.320. The third-order valence-electron chi connectivity index (χ3n) is 6.38. The summed E-state index contributed by atoms with van der Waals surface area (Å²) >= 11 is 1.51. The molecule has 6 nitrogen and oxygen atoms in total. The lowest BCUT2D eigenvalue weighted by atomic mass is 9.92. The smallest absolute Gasteiger partial charge is 0.273 e. The van der Waals surface area contributed by atoms with E-state index in [1.807, 2.05) is 18.2 Å². The molecule has 9 heteroatoms. The van der Waals surface area contributed by atoms with E-state index < -0.39 is 17.7 Å². The number of carbonyl (C=O) groups excluding carboxylic acids is 1. The van der Waals surface area contributed by atoms with E-state index in [-0.39, 0.29) is 23.8 Å². The number of halogens is 2. The van der Waals surface area contributed by atoms with Gasteiger partial charge in [0.25, 0.3) is 5.91 Å². The lowest BCUT2D eigenvalue weighted by molar-refractivity contribution is 0.0969. The molecular weight excluding hydrogens is 456 g/mol. The van der Waals surface area contributed by atoms with Crippen LogP contribution in [-0.2, 0) is 6.54 Å². The second-order valence-corrected chi connectivity index (χ2v) is 9.83. The molecule has 4 heterocycles. The highest BCUT2D eigenvalue weighted by molar-refractivity contribution is 8.14. The predicted octanol–water partition coefficient (Wildman–Crippen LogP) is 4.47. The van der Waals surface area contributed by atoms with Crippen molar-refractivity contribution in [1.82, 2.24) is 14.9 Å². The van der Waals surface area contributed by atoms with Gasteiger partial charge in [-0.1, -0.05) is 30.0 Å². The molecule has 34 heavy (non-hydrogen) atoms. The first-order valence-electron chi connectivity index (χ1n) is 11.2. The number of amides is 1. The van der Waals surface area contributed by atoms with Crippen LogP contribution in [0.25, 0.3) is 0 Å². The molecular formula is C25H25F2N5OS. The predicted molar refractivity (Wildman–Crippen MR) is 130 cm³/mol. The molecule has 1 fully saturated rings. The van der Waals surface area contributed by atoms with Crippen molar-refractivity contribution in [3.63, 3.8) is 0 Å². The number of thioether (sulfide) groups is 1. The van der Waals surface area contributed by atoms with Gasteiger partial charge in [-0.2, -0.15) is 4.39 Å². The number of pyridine rings is 1. The monoisotopic (exact) mass is 481 g/mol. The fourth-order valence-corrected chi connectivity index (χ4v) is 5.91. The van der Waals surface area contributed by atoms with Crippen LogP contribution in [0.5, 0.6) is 0 Å². The van der Waals surface area contributed by atoms with Gasteiger partial charge in [0, 0.05) is 43.0 Å². The minimum absolute atomic E-state index is 0.150. The average Bonchev–Trinajstić information content (AvgIpc) is 3.54. The van der Waals surface area contributed by atoms with Gasteiger partial charge in [0.2, 0.25) is 5.95 Å². The topological polar surface area (TPSA) is 62.5 Å². The highest BCUT2D eigenvalue weighted by Crippen LogP contribution is 2.39. The molecule has 0 aliphatic carbocycles. The van der Waals surface area contributed by atoms with Crippen LogP contribution in [0.3, 0.4) is 0 Å². The van der Waals surface area contributed by atoms with E-state index in [4.69, 9.17) is 4.99 Å². The molecule has 1 saturated heterocycles. The van der Waals surface area contributed by atoms with Crippen LogP contribution in [0.1, 0.15) is 35.8 Å². The zero-order valence-electron chi connectivity index (χ0n) is 18.7. The highest BCUT2D eigenvalue weighted by Gasteiger charge is 2.44. The molecule has 0 spiro atoms. The van der Waals surface area contributed by atoms with Gasteiger partial charge in [-0.05, 0) is 49.6 Å². The van der Waals surface area contributed by atoms with Gasteiger partial charge < -0.3 is 14.8 Å². The summed E-state index contributed by atoms with van der Waals surface area (Å²) in [6.07, 6.45) is 4.71. The molecule has 0 radical (unpaired) electrons.